The number of carbonyl (C=O) groups is 1. The van der Waals surface area contributed by atoms with Gasteiger partial charge in [-0.05, 0) is 49.4 Å². The molecule has 2 bridgehead atoms. The maximum absolute atomic E-state index is 11.8. The summed E-state index contributed by atoms with van der Waals surface area (Å²) in [5.41, 5.74) is 0. The van der Waals surface area contributed by atoms with E-state index in [1.807, 2.05) is 6.08 Å². The summed E-state index contributed by atoms with van der Waals surface area (Å²) in [6, 6.07) is 0. The largest absolute Gasteiger partial charge is 0.299 e. The van der Waals surface area contributed by atoms with Crippen molar-refractivity contribution in [3.63, 3.8) is 0 Å². The summed E-state index contributed by atoms with van der Waals surface area (Å²) in [5.74, 6) is 4.54. The summed E-state index contributed by atoms with van der Waals surface area (Å²) in [6.07, 6.45) is 7.77. The van der Waals surface area contributed by atoms with Crippen molar-refractivity contribution in [2.24, 2.45) is 29.6 Å². The number of hydrogen-bond donors (Lipinski definition) is 0. The van der Waals surface area contributed by atoms with Crippen LogP contribution in [0.15, 0.2) is 12.7 Å². The number of hydrogen-bond acceptors (Lipinski definition) is 1. The number of allylic oxidation sites excluding steroid dienone is 1. The number of fused-ring (bicyclic) bond motifs is 5. The average molecular weight is 190 g/mol. The first-order chi connectivity index (χ1) is 6.83. The second kappa shape index (κ2) is 2.95. The Morgan fingerprint density at radius 1 is 1.29 bits per heavy atom. The van der Waals surface area contributed by atoms with Gasteiger partial charge >= 0.3 is 0 Å². The standard InChI is InChI=1S/C13H18O/c1-2-3-4-10(14)13-11-8-5-6-9(7-8)12(11)13/h2,8-9,11-13H,1,3-7H2. The van der Waals surface area contributed by atoms with Crippen LogP contribution in [0.5, 0.6) is 0 Å². The molecule has 0 aromatic carbocycles. The van der Waals surface area contributed by atoms with Crippen LogP contribution in [0, 0.1) is 29.6 Å². The molecule has 3 aliphatic carbocycles. The van der Waals surface area contributed by atoms with Gasteiger partial charge in [0.15, 0.2) is 0 Å². The van der Waals surface area contributed by atoms with Crippen LogP contribution in [0.3, 0.4) is 0 Å². The monoisotopic (exact) mass is 190 g/mol. The first-order valence-electron chi connectivity index (χ1n) is 5.96. The Hall–Kier alpha value is -0.590. The van der Waals surface area contributed by atoms with Gasteiger partial charge in [-0.1, -0.05) is 6.08 Å². The van der Waals surface area contributed by atoms with Crippen LogP contribution in [0.4, 0.5) is 0 Å². The summed E-state index contributed by atoms with van der Waals surface area (Å²) < 4.78 is 0. The van der Waals surface area contributed by atoms with Gasteiger partial charge in [0.25, 0.3) is 0 Å². The zero-order valence-electron chi connectivity index (χ0n) is 8.61. The Balaban J connectivity index is 1.62. The molecule has 0 aliphatic heterocycles. The number of carbonyl (C=O) groups excluding carboxylic acids is 1. The molecule has 0 aromatic heterocycles. The highest BCUT2D eigenvalue weighted by Gasteiger charge is 2.66. The van der Waals surface area contributed by atoms with Gasteiger partial charge in [-0.25, -0.2) is 0 Å². The third kappa shape index (κ3) is 1.04. The second-order valence-corrected chi connectivity index (χ2v) is 5.31. The zero-order valence-corrected chi connectivity index (χ0v) is 8.61. The molecule has 0 N–H and O–H groups in total. The van der Waals surface area contributed by atoms with Crippen molar-refractivity contribution in [1.82, 2.24) is 0 Å². The van der Waals surface area contributed by atoms with Crippen molar-refractivity contribution < 1.29 is 4.79 Å². The molecule has 3 rings (SSSR count). The third-order valence-corrected chi connectivity index (χ3v) is 4.70. The van der Waals surface area contributed by atoms with Crippen LogP contribution in [0.1, 0.15) is 32.1 Å². The molecule has 14 heavy (non-hydrogen) atoms. The van der Waals surface area contributed by atoms with Gasteiger partial charge in [0.1, 0.15) is 5.78 Å². The topological polar surface area (TPSA) is 17.1 Å². The molecule has 0 saturated heterocycles. The molecule has 3 fully saturated rings. The summed E-state index contributed by atoms with van der Waals surface area (Å²) in [6.45, 7) is 3.67. The van der Waals surface area contributed by atoms with E-state index in [-0.39, 0.29) is 0 Å². The zero-order chi connectivity index (χ0) is 9.71. The fourth-order valence-electron chi connectivity index (χ4n) is 4.17. The summed E-state index contributed by atoms with van der Waals surface area (Å²) in [4.78, 5) is 11.8. The fraction of sp³-hybridized carbons (Fsp3) is 0.769. The SMILES string of the molecule is C=CCCC(=O)C1C2C3CCC(C3)C12. The van der Waals surface area contributed by atoms with Crippen LogP contribution in [-0.2, 0) is 4.79 Å². The predicted molar refractivity (Wildman–Crippen MR) is 55.7 cm³/mol. The fourth-order valence-corrected chi connectivity index (χ4v) is 4.17. The highest BCUT2D eigenvalue weighted by molar-refractivity contribution is 5.85. The molecule has 4 unspecified atom stereocenters. The van der Waals surface area contributed by atoms with Crippen LogP contribution in [-0.4, -0.2) is 5.78 Å². The second-order valence-electron chi connectivity index (χ2n) is 5.31. The van der Waals surface area contributed by atoms with E-state index in [1.165, 1.54) is 19.3 Å². The maximum Gasteiger partial charge on any atom is 0.136 e. The number of Topliss-reactive ketones (excluding diaryl/α,β-unsaturated/α-hetero) is 1. The van der Waals surface area contributed by atoms with E-state index in [2.05, 4.69) is 6.58 Å². The number of ketones is 1. The Morgan fingerprint density at radius 2 is 1.93 bits per heavy atom. The molecular formula is C13H18O. The van der Waals surface area contributed by atoms with Crippen molar-refractivity contribution in [2.45, 2.75) is 32.1 Å². The minimum atomic E-state index is 0.487. The van der Waals surface area contributed by atoms with Crippen molar-refractivity contribution in [2.75, 3.05) is 0 Å². The summed E-state index contributed by atoms with van der Waals surface area (Å²) in [5, 5.41) is 0. The van der Waals surface area contributed by atoms with Crippen molar-refractivity contribution in [3.05, 3.63) is 12.7 Å². The minimum absolute atomic E-state index is 0.487. The van der Waals surface area contributed by atoms with Gasteiger partial charge in [0, 0.05) is 12.3 Å². The molecule has 1 heteroatoms. The third-order valence-electron chi connectivity index (χ3n) is 4.70. The number of rotatable bonds is 4. The lowest BCUT2D eigenvalue weighted by Crippen LogP contribution is -2.08. The Morgan fingerprint density at radius 3 is 2.50 bits per heavy atom. The van der Waals surface area contributed by atoms with Crippen LogP contribution < -0.4 is 0 Å². The first-order valence-corrected chi connectivity index (χ1v) is 5.96. The average Bonchev–Trinajstić information content (AvgIpc) is 2.64. The molecule has 0 amide bonds. The minimum Gasteiger partial charge on any atom is -0.299 e. The quantitative estimate of drug-likeness (QED) is 0.623. The van der Waals surface area contributed by atoms with E-state index in [0.29, 0.717) is 11.7 Å². The highest BCUT2D eigenvalue weighted by Crippen LogP contribution is 2.69. The molecule has 3 saturated carbocycles. The predicted octanol–water partition coefficient (Wildman–Crippen LogP) is 2.81. The van der Waals surface area contributed by atoms with Gasteiger partial charge in [0.2, 0.25) is 0 Å². The molecule has 1 nitrogen and oxygen atoms in total. The lowest BCUT2D eigenvalue weighted by molar-refractivity contribution is -0.121. The van der Waals surface area contributed by atoms with E-state index < -0.39 is 0 Å². The molecule has 0 heterocycles. The molecule has 76 valence electrons. The smallest absolute Gasteiger partial charge is 0.136 e. The maximum atomic E-state index is 11.8. The van der Waals surface area contributed by atoms with Gasteiger partial charge < -0.3 is 0 Å². The molecule has 0 spiro atoms. The molecular weight excluding hydrogens is 172 g/mol. The summed E-state index contributed by atoms with van der Waals surface area (Å²) in [7, 11) is 0. The van der Waals surface area contributed by atoms with E-state index in [0.717, 1.165) is 36.5 Å². The van der Waals surface area contributed by atoms with Gasteiger partial charge in [-0.15, -0.1) is 6.58 Å². The van der Waals surface area contributed by atoms with Crippen molar-refractivity contribution in [3.8, 4) is 0 Å². The Kier molecular flexibility index (Phi) is 1.83. The summed E-state index contributed by atoms with van der Waals surface area (Å²) >= 11 is 0. The van der Waals surface area contributed by atoms with Gasteiger partial charge in [-0.2, -0.15) is 0 Å². The molecule has 3 aliphatic rings. The molecule has 0 aromatic rings. The Bertz CT molecular complexity index is 265. The van der Waals surface area contributed by atoms with E-state index in [4.69, 9.17) is 0 Å². The van der Waals surface area contributed by atoms with Gasteiger partial charge in [-0.3, -0.25) is 4.79 Å². The normalized spacial score (nSPS) is 47.6. The van der Waals surface area contributed by atoms with Crippen molar-refractivity contribution >= 4 is 5.78 Å². The lowest BCUT2D eigenvalue weighted by atomic mass is 9.98. The molecule has 4 atom stereocenters. The van der Waals surface area contributed by atoms with E-state index in [1.54, 1.807) is 0 Å². The molecule has 0 radical (unpaired) electrons. The van der Waals surface area contributed by atoms with Crippen molar-refractivity contribution in [1.29, 1.82) is 0 Å². The lowest BCUT2D eigenvalue weighted by Gasteiger charge is -2.06. The van der Waals surface area contributed by atoms with Crippen LogP contribution in [0.25, 0.3) is 0 Å². The van der Waals surface area contributed by atoms with Gasteiger partial charge in [0.05, 0.1) is 0 Å². The Labute approximate surface area is 85.6 Å². The first kappa shape index (κ1) is 8.70. The van der Waals surface area contributed by atoms with E-state index >= 15 is 0 Å². The van der Waals surface area contributed by atoms with Crippen LogP contribution in [0.2, 0.25) is 0 Å². The highest BCUT2D eigenvalue weighted by atomic mass is 16.1. The van der Waals surface area contributed by atoms with E-state index in [9.17, 15) is 4.79 Å². The van der Waals surface area contributed by atoms with Crippen LogP contribution >= 0.6 is 0 Å².